The molecule has 178 valence electrons. The summed E-state index contributed by atoms with van der Waals surface area (Å²) in [5.74, 6) is 0.291. The lowest BCUT2D eigenvalue weighted by molar-refractivity contribution is -0.119. The molecule has 0 saturated heterocycles. The van der Waals surface area contributed by atoms with Crippen molar-refractivity contribution >= 4 is 23.1 Å². The minimum atomic E-state index is -0.444. The smallest absolute Gasteiger partial charge is 0.227 e. The molecule has 0 fully saturated rings. The maximum absolute atomic E-state index is 13.9. The Morgan fingerprint density at radius 3 is 2.23 bits per heavy atom. The van der Waals surface area contributed by atoms with Crippen LogP contribution in [-0.4, -0.2) is 11.7 Å². The molecule has 2 aliphatic rings. The van der Waals surface area contributed by atoms with Crippen LogP contribution in [-0.2, 0) is 9.59 Å². The fraction of sp³-hybridized carbons (Fsp3) is 0.290. The van der Waals surface area contributed by atoms with Crippen LogP contribution in [0, 0.1) is 0 Å². The minimum absolute atomic E-state index is 0.0632. The molecule has 3 aromatic rings. The van der Waals surface area contributed by atoms with Crippen LogP contribution in [0.1, 0.15) is 68.5 Å². The summed E-state index contributed by atoms with van der Waals surface area (Å²) in [6, 6.07) is 27.8. The van der Waals surface area contributed by atoms with E-state index < -0.39 is 6.04 Å². The molecule has 4 heteroatoms. The molecule has 0 spiro atoms. The van der Waals surface area contributed by atoms with Gasteiger partial charge in [-0.15, -0.1) is 0 Å². The summed E-state index contributed by atoms with van der Waals surface area (Å²) in [4.78, 5) is 29.6. The molecular formula is C31H32N2O2. The first-order chi connectivity index (χ1) is 17.2. The minimum Gasteiger partial charge on any atom is -0.357 e. The molecule has 1 amide bonds. The summed E-state index contributed by atoms with van der Waals surface area (Å²) in [5.41, 5.74) is 5.51. The zero-order chi connectivity index (χ0) is 24.2. The lowest BCUT2D eigenvalue weighted by Crippen LogP contribution is -2.38. The third-order valence-corrected chi connectivity index (χ3v) is 7.14. The Balaban J connectivity index is 1.65. The van der Waals surface area contributed by atoms with Crippen LogP contribution in [0.25, 0.3) is 0 Å². The maximum Gasteiger partial charge on any atom is 0.227 e. The SMILES string of the molecule is CCCCCC(=O)N1c2ccccc2NC2=C(C(=O)C[C@H](c3ccccc3)C2)[C@@H]1c1ccccc1. The van der Waals surface area contributed by atoms with E-state index in [0.29, 0.717) is 12.8 Å². The van der Waals surface area contributed by atoms with Crippen molar-refractivity contribution in [3.05, 3.63) is 107 Å². The van der Waals surface area contributed by atoms with Crippen molar-refractivity contribution in [3.8, 4) is 0 Å². The average Bonchev–Trinajstić information content (AvgIpc) is 3.04. The third kappa shape index (κ3) is 4.66. The van der Waals surface area contributed by atoms with Crippen molar-refractivity contribution in [1.82, 2.24) is 0 Å². The van der Waals surface area contributed by atoms with Crippen LogP contribution < -0.4 is 10.2 Å². The first-order valence-corrected chi connectivity index (χ1v) is 12.7. The van der Waals surface area contributed by atoms with Gasteiger partial charge in [0.05, 0.1) is 17.4 Å². The van der Waals surface area contributed by atoms with E-state index in [9.17, 15) is 9.59 Å². The first-order valence-electron chi connectivity index (χ1n) is 12.7. The summed E-state index contributed by atoms with van der Waals surface area (Å²) in [5, 5.41) is 3.61. The van der Waals surface area contributed by atoms with E-state index in [1.54, 1.807) is 0 Å². The summed E-state index contributed by atoms with van der Waals surface area (Å²) < 4.78 is 0. The number of carbonyl (C=O) groups is 2. The Bertz CT molecular complexity index is 1230. The summed E-state index contributed by atoms with van der Waals surface area (Å²) in [6.45, 7) is 2.14. The van der Waals surface area contributed by atoms with E-state index in [1.807, 2.05) is 77.7 Å². The number of nitrogens with one attached hydrogen (secondary N) is 1. The molecule has 4 nitrogen and oxygen atoms in total. The molecule has 1 aliphatic carbocycles. The van der Waals surface area contributed by atoms with Crippen LogP contribution in [0.2, 0.25) is 0 Å². The predicted molar refractivity (Wildman–Crippen MR) is 141 cm³/mol. The van der Waals surface area contributed by atoms with Gasteiger partial charge in [-0.3, -0.25) is 14.5 Å². The molecule has 5 rings (SSSR count). The number of unbranched alkanes of at least 4 members (excludes halogenated alkanes) is 2. The number of benzene rings is 3. The predicted octanol–water partition coefficient (Wildman–Crippen LogP) is 7.17. The molecule has 35 heavy (non-hydrogen) atoms. The van der Waals surface area contributed by atoms with E-state index >= 15 is 0 Å². The Labute approximate surface area is 207 Å². The zero-order valence-electron chi connectivity index (χ0n) is 20.2. The Hall–Kier alpha value is -3.66. The van der Waals surface area contributed by atoms with Gasteiger partial charge in [0.2, 0.25) is 5.91 Å². The summed E-state index contributed by atoms with van der Waals surface area (Å²) in [7, 11) is 0. The zero-order valence-corrected chi connectivity index (χ0v) is 20.2. The normalized spacial score (nSPS) is 19.5. The molecule has 3 aromatic carbocycles. The fourth-order valence-electron chi connectivity index (χ4n) is 5.42. The highest BCUT2D eigenvalue weighted by Crippen LogP contribution is 2.47. The largest absolute Gasteiger partial charge is 0.357 e. The van der Waals surface area contributed by atoms with Gasteiger partial charge in [0.1, 0.15) is 0 Å². The van der Waals surface area contributed by atoms with Gasteiger partial charge in [0.15, 0.2) is 5.78 Å². The van der Waals surface area contributed by atoms with E-state index in [1.165, 1.54) is 5.56 Å². The lowest BCUT2D eigenvalue weighted by Gasteiger charge is -2.35. The second-order valence-electron chi connectivity index (χ2n) is 9.51. The van der Waals surface area contributed by atoms with Crippen LogP contribution in [0.5, 0.6) is 0 Å². The van der Waals surface area contributed by atoms with Crippen molar-refractivity contribution in [3.63, 3.8) is 0 Å². The number of fused-ring (bicyclic) bond motifs is 1. The second-order valence-corrected chi connectivity index (χ2v) is 9.51. The number of para-hydroxylation sites is 2. The van der Waals surface area contributed by atoms with Crippen molar-refractivity contribution in [2.45, 2.75) is 57.4 Å². The van der Waals surface area contributed by atoms with Gasteiger partial charge >= 0.3 is 0 Å². The third-order valence-electron chi connectivity index (χ3n) is 7.14. The van der Waals surface area contributed by atoms with Crippen molar-refractivity contribution in [2.75, 3.05) is 10.2 Å². The molecule has 1 N–H and O–H groups in total. The molecule has 1 aliphatic heterocycles. The number of nitrogens with zero attached hydrogens (tertiary/aromatic N) is 1. The first kappa shape index (κ1) is 23.1. The van der Waals surface area contributed by atoms with Gasteiger partial charge in [-0.1, -0.05) is 92.6 Å². The molecule has 0 saturated carbocycles. The highest BCUT2D eigenvalue weighted by Gasteiger charge is 2.41. The maximum atomic E-state index is 13.9. The number of amides is 1. The van der Waals surface area contributed by atoms with E-state index in [-0.39, 0.29) is 17.6 Å². The molecule has 0 unspecified atom stereocenters. The topological polar surface area (TPSA) is 49.4 Å². The lowest BCUT2D eigenvalue weighted by atomic mass is 9.78. The van der Waals surface area contributed by atoms with Gasteiger partial charge in [-0.25, -0.2) is 0 Å². The highest BCUT2D eigenvalue weighted by molar-refractivity contribution is 6.06. The van der Waals surface area contributed by atoms with E-state index in [2.05, 4.69) is 24.4 Å². The Kier molecular flexibility index (Phi) is 6.80. The number of hydrogen-bond donors (Lipinski definition) is 1. The van der Waals surface area contributed by atoms with Crippen LogP contribution in [0.4, 0.5) is 11.4 Å². The van der Waals surface area contributed by atoms with Gasteiger partial charge in [-0.2, -0.15) is 0 Å². The molecule has 0 radical (unpaired) electrons. The quantitative estimate of drug-likeness (QED) is 0.394. The van der Waals surface area contributed by atoms with Crippen molar-refractivity contribution < 1.29 is 9.59 Å². The van der Waals surface area contributed by atoms with Crippen LogP contribution >= 0.6 is 0 Å². The number of allylic oxidation sites excluding steroid dienone is 1. The number of Topliss-reactive ketones (excluding diaryl/α,β-unsaturated/α-hetero) is 1. The Morgan fingerprint density at radius 1 is 0.857 bits per heavy atom. The van der Waals surface area contributed by atoms with Gasteiger partial charge in [-0.05, 0) is 42.0 Å². The monoisotopic (exact) mass is 464 g/mol. The van der Waals surface area contributed by atoms with Crippen molar-refractivity contribution in [1.29, 1.82) is 0 Å². The number of carbonyl (C=O) groups excluding carboxylic acids is 2. The number of hydrogen-bond acceptors (Lipinski definition) is 3. The number of rotatable bonds is 6. The summed E-state index contributed by atoms with van der Waals surface area (Å²) in [6.07, 6.45) is 4.57. The molecule has 0 bridgehead atoms. The van der Waals surface area contributed by atoms with E-state index in [0.717, 1.165) is 53.9 Å². The van der Waals surface area contributed by atoms with Gasteiger partial charge in [0.25, 0.3) is 0 Å². The van der Waals surface area contributed by atoms with Crippen LogP contribution in [0.3, 0.4) is 0 Å². The second kappa shape index (κ2) is 10.3. The van der Waals surface area contributed by atoms with Crippen molar-refractivity contribution in [2.24, 2.45) is 0 Å². The van der Waals surface area contributed by atoms with Gasteiger partial charge in [0, 0.05) is 24.1 Å². The molecular weight excluding hydrogens is 432 g/mol. The highest BCUT2D eigenvalue weighted by atomic mass is 16.2. The number of ketones is 1. The van der Waals surface area contributed by atoms with E-state index in [4.69, 9.17) is 0 Å². The average molecular weight is 465 g/mol. The fourth-order valence-corrected chi connectivity index (χ4v) is 5.42. The standard InChI is InChI=1S/C31H32N2O2/c1-2-3-6-19-29(35)33-27-18-12-11-17-25(27)32-26-20-24(22-13-7-4-8-14-22)21-28(34)30(26)31(33)23-15-9-5-10-16-23/h4-5,7-18,24,31-32H,2-3,6,19-21H2,1H3/t24-,31+/m1/s1. The van der Waals surface area contributed by atoms with Crippen LogP contribution in [0.15, 0.2) is 96.2 Å². The molecule has 2 atom stereocenters. The molecule has 0 aromatic heterocycles. The molecule has 1 heterocycles. The van der Waals surface area contributed by atoms with Gasteiger partial charge < -0.3 is 5.32 Å². The number of anilines is 2. The summed E-state index contributed by atoms with van der Waals surface area (Å²) >= 11 is 0. The Morgan fingerprint density at radius 2 is 1.51 bits per heavy atom.